The lowest BCUT2D eigenvalue weighted by atomic mass is 10.00. The highest BCUT2D eigenvalue weighted by atomic mass is 32.1. The molecule has 0 aliphatic rings. The summed E-state index contributed by atoms with van der Waals surface area (Å²) >= 11 is 1.03. The fraction of sp³-hybridized carbons (Fsp3) is 0.476. The number of hydrogen-bond acceptors (Lipinski definition) is 12. The van der Waals surface area contributed by atoms with Gasteiger partial charge in [-0.2, -0.15) is 0 Å². The molecule has 0 radical (unpaired) electrons. The summed E-state index contributed by atoms with van der Waals surface area (Å²) in [6.45, 7) is 5.76. The van der Waals surface area contributed by atoms with E-state index in [4.69, 9.17) is 28.7 Å². The molecular formula is C42H61N13O8S. The Morgan fingerprint density at radius 3 is 1.89 bits per heavy atom. The van der Waals surface area contributed by atoms with Gasteiger partial charge in [-0.05, 0) is 99.7 Å². The molecule has 0 fully saturated rings. The normalized spacial score (nSPS) is 12.8. The number of rotatable bonds is 27. The van der Waals surface area contributed by atoms with Crippen LogP contribution < -0.4 is 55.3 Å². The van der Waals surface area contributed by atoms with Crippen LogP contribution in [0.1, 0.15) is 108 Å². The molecule has 21 nitrogen and oxygen atoms in total. The van der Waals surface area contributed by atoms with Crippen molar-refractivity contribution in [3.05, 3.63) is 64.2 Å². The monoisotopic (exact) mass is 907 g/mol. The molecule has 3 aromatic rings. The van der Waals surface area contributed by atoms with Gasteiger partial charge >= 0.3 is 5.97 Å². The highest BCUT2D eigenvalue weighted by Crippen LogP contribution is 2.25. The van der Waals surface area contributed by atoms with Gasteiger partial charge in [0.05, 0.1) is 21.8 Å². The maximum Gasteiger partial charge on any atom is 0.335 e. The lowest BCUT2D eigenvalue weighted by Gasteiger charge is -2.27. The number of carbonyl (C=O) groups is 7. The van der Waals surface area contributed by atoms with Crippen molar-refractivity contribution in [3.63, 3.8) is 0 Å². The number of carbonyl (C=O) groups excluding carboxylic acids is 6. The maximum atomic E-state index is 14.2. The Morgan fingerprint density at radius 1 is 0.719 bits per heavy atom. The van der Waals surface area contributed by atoms with Gasteiger partial charge in [0.15, 0.2) is 16.9 Å². The molecule has 0 aliphatic carbocycles. The average molecular weight is 908 g/mol. The van der Waals surface area contributed by atoms with Crippen molar-refractivity contribution in [3.8, 4) is 0 Å². The van der Waals surface area contributed by atoms with Crippen molar-refractivity contribution < 1.29 is 38.7 Å². The Morgan fingerprint density at radius 2 is 1.30 bits per heavy atom. The van der Waals surface area contributed by atoms with Gasteiger partial charge in [-0.1, -0.05) is 26.0 Å². The number of nitrogens with zero attached hydrogens (tertiary/aromatic N) is 3. The van der Waals surface area contributed by atoms with Crippen LogP contribution in [-0.2, 0) is 25.7 Å². The number of aromatic nitrogens is 1. The molecule has 5 amide bonds. The number of unbranched alkanes of at least 4 members (excludes halogenated alkanes) is 1. The third-order valence-electron chi connectivity index (χ3n) is 9.63. The SMILES string of the molecule is CC(=O)N[C@@H](CCCCN)C(=O)N[C@@H](CCCN=C(N)N)C(=O)N[C@@H](CC(C)C)C(=O)N[C@@H](CCCN=C(N)N)C(=O)c1nc2ccc(C(=O)NCc3cccc(C(=O)O)c3)cc2s1. The van der Waals surface area contributed by atoms with Crippen LogP contribution in [0.4, 0.5) is 0 Å². The number of ketones is 1. The molecule has 4 atom stereocenters. The molecule has 1 aromatic heterocycles. The lowest BCUT2D eigenvalue weighted by Crippen LogP contribution is -2.58. The zero-order chi connectivity index (χ0) is 47.3. The second kappa shape index (κ2) is 26.1. The smallest absolute Gasteiger partial charge is 0.335 e. The van der Waals surface area contributed by atoms with Gasteiger partial charge in [-0.3, -0.25) is 38.8 Å². The molecule has 0 spiro atoms. The molecule has 0 saturated carbocycles. The van der Waals surface area contributed by atoms with Gasteiger partial charge in [0.2, 0.25) is 29.4 Å². The number of nitrogens with two attached hydrogens (primary N) is 5. The largest absolute Gasteiger partial charge is 0.478 e. The first kappa shape index (κ1) is 51.7. The summed E-state index contributed by atoms with van der Waals surface area (Å²) in [4.78, 5) is 105. The van der Waals surface area contributed by atoms with E-state index in [1.165, 1.54) is 19.1 Å². The van der Waals surface area contributed by atoms with Gasteiger partial charge in [-0.25, -0.2) is 9.78 Å². The number of guanidine groups is 2. The van der Waals surface area contributed by atoms with Gasteiger partial charge in [0, 0.05) is 32.1 Å². The highest BCUT2D eigenvalue weighted by Gasteiger charge is 2.32. The summed E-state index contributed by atoms with van der Waals surface area (Å²) in [5.41, 5.74) is 29.0. The van der Waals surface area contributed by atoms with E-state index in [0.717, 1.165) is 11.3 Å². The minimum absolute atomic E-state index is 0.0540. The zero-order valence-corrected chi connectivity index (χ0v) is 37.2. The second-order valence-electron chi connectivity index (χ2n) is 15.5. The number of amides is 5. The number of thiazole rings is 1. The van der Waals surface area contributed by atoms with Gasteiger partial charge < -0.3 is 60.4 Å². The average Bonchev–Trinajstić information content (AvgIpc) is 3.67. The highest BCUT2D eigenvalue weighted by molar-refractivity contribution is 7.20. The molecule has 348 valence electrons. The number of aromatic carboxylic acids is 1. The number of nitrogens with one attached hydrogen (secondary N) is 5. The number of aliphatic imine (C=N–C) groups is 2. The third-order valence-corrected chi connectivity index (χ3v) is 10.7. The molecule has 3 rings (SSSR count). The number of hydrogen-bond donors (Lipinski definition) is 11. The van der Waals surface area contributed by atoms with Crippen LogP contribution >= 0.6 is 11.3 Å². The Kier molecular flexibility index (Phi) is 21.0. The van der Waals surface area contributed by atoms with Crippen molar-refractivity contribution in [2.45, 2.75) is 103 Å². The first-order chi connectivity index (χ1) is 30.4. The molecule has 0 saturated heterocycles. The van der Waals surface area contributed by atoms with E-state index in [2.05, 4.69) is 41.6 Å². The maximum absolute atomic E-state index is 14.2. The topological polar surface area (TPSA) is 368 Å². The predicted octanol–water partition coefficient (Wildman–Crippen LogP) is 0.349. The van der Waals surface area contributed by atoms with E-state index in [9.17, 15) is 38.7 Å². The molecule has 22 heteroatoms. The lowest BCUT2D eigenvalue weighted by molar-refractivity contribution is -0.134. The summed E-state index contributed by atoms with van der Waals surface area (Å²) in [6, 6.07) is 6.51. The van der Waals surface area contributed by atoms with Crippen LogP contribution in [-0.4, -0.2) is 107 Å². The number of Topliss-reactive ketones (excluding diaryl/α,β-unsaturated/α-hetero) is 1. The van der Waals surface area contributed by atoms with E-state index in [-0.39, 0.29) is 92.1 Å². The fourth-order valence-corrected chi connectivity index (χ4v) is 7.49. The van der Waals surface area contributed by atoms with Crippen molar-refractivity contribution in [1.82, 2.24) is 31.6 Å². The molecule has 0 unspecified atom stereocenters. The Balaban J connectivity index is 1.86. The summed E-state index contributed by atoms with van der Waals surface area (Å²) in [5.74, 6) is -4.84. The molecular weight excluding hydrogens is 847 g/mol. The number of benzene rings is 2. The van der Waals surface area contributed by atoms with Crippen LogP contribution in [0.3, 0.4) is 0 Å². The molecule has 1 heterocycles. The van der Waals surface area contributed by atoms with E-state index in [1.54, 1.807) is 30.3 Å². The van der Waals surface area contributed by atoms with Crippen LogP contribution in [0.5, 0.6) is 0 Å². The zero-order valence-electron chi connectivity index (χ0n) is 36.4. The number of carboxylic acids is 1. The standard InChI is InChI=1S/C42H61N13O8S/c1-23(2)19-32(54-37(60)31(13-8-18-49-42(46)47)53-36(59)30(51-24(3)56)11-4-5-16-43)38(61)52-29(12-7-17-48-41(44)45)34(57)39-55-28-15-14-26(21-33(28)64-39)35(58)50-22-25-9-6-10-27(20-25)40(62)63/h6,9-10,14-15,20-21,23,29-32H,4-5,7-8,11-13,16-19,22,43H2,1-3H3,(H,50,58)(H,51,56)(H,52,61)(H,53,59)(H,54,60)(H,62,63)(H4,44,45,48)(H4,46,47,49)/t29-,30-,31-,32-/m0/s1. The predicted molar refractivity (Wildman–Crippen MR) is 244 cm³/mol. The van der Waals surface area contributed by atoms with Gasteiger partial charge in [-0.15, -0.1) is 11.3 Å². The molecule has 0 bridgehead atoms. The number of fused-ring (bicyclic) bond motifs is 1. The molecule has 64 heavy (non-hydrogen) atoms. The summed E-state index contributed by atoms with van der Waals surface area (Å²) in [6.07, 6.45) is 2.32. The Bertz CT molecular complexity index is 2170. The summed E-state index contributed by atoms with van der Waals surface area (Å²) in [7, 11) is 0. The van der Waals surface area contributed by atoms with Crippen molar-refractivity contribution in [2.75, 3.05) is 19.6 Å². The summed E-state index contributed by atoms with van der Waals surface area (Å²) in [5, 5.41) is 23.0. The quantitative estimate of drug-likeness (QED) is 0.0213. The van der Waals surface area contributed by atoms with Crippen molar-refractivity contribution in [1.29, 1.82) is 0 Å². The number of carboxylic acid groups (broad SMARTS) is 1. The van der Waals surface area contributed by atoms with Crippen molar-refractivity contribution in [2.24, 2.45) is 44.6 Å². The Hall–Kier alpha value is -6.68. The van der Waals surface area contributed by atoms with E-state index >= 15 is 0 Å². The summed E-state index contributed by atoms with van der Waals surface area (Å²) < 4.78 is 0.521. The van der Waals surface area contributed by atoms with Crippen LogP contribution in [0.15, 0.2) is 52.4 Å². The van der Waals surface area contributed by atoms with Crippen molar-refractivity contribution >= 4 is 74.8 Å². The molecule has 16 N–H and O–H groups in total. The van der Waals surface area contributed by atoms with Crippen LogP contribution in [0.25, 0.3) is 10.2 Å². The molecule has 0 aliphatic heterocycles. The van der Waals surface area contributed by atoms with E-state index in [1.807, 2.05) is 13.8 Å². The first-order valence-corrected chi connectivity index (χ1v) is 21.7. The first-order valence-electron chi connectivity index (χ1n) is 20.9. The minimum atomic E-state index is -1.16. The second-order valence-corrected chi connectivity index (χ2v) is 16.5. The van der Waals surface area contributed by atoms with Crippen LogP contribution in [0, 0.1) is 5.92 Å². The molecule has 2 aromatic carbocycles. The fourth-order valence-electron chi connectivity index (χ4n) is 6.49. The van der Waals surface area contributed by atoms with Gasteiger partial charge in [0.25, 0.3) is 5.91 Å². The Labute approximate surface area is 375 Å². The minimum Gasteiger partial charge on any atom is -0.478 e. The third kappa shape index (κ3) is 17.6. The van der Waals surface area contributed by atoms with Gasteiger partial charge in [0.1, 0.15) is 18.1 Å². The van der Waals surface area contributed by atoms with Crippen LogP contribution in [0.2, 0.25) is 0 Å². The van der Waals surface area contributed by atoms with E-state index < -0.39 is 65.5 Å². The van der Waals surface area contributed by atoms with E-state index in [0.29, 0.717) is 35.2 Å².